The Hall–Kier alpha value is -4.69. The largest absolute Gasteiger partial charge is 0.493 e. The van der Waals surface area contributed by atoms with Gasteiger partial charge in [-0.05, 0) is 88.2 Å². The standard InChI is InChI=1S/C27H21BrFN3O6/c1-36-23-13-16(11-18(14-30)26(34)32-21-7-3-17(4-8-21)27(35)37-2)12-22(28)25(23)38-15-24(33)31-20-9-5-19(29)6-10-20/h3-13H,15H2,1-2H3,(H,31,33)(H,32,34)/b18-11-. The van der Waals surface area contributed by atoms with Crippen LogP contribution in [0.1, 0.15) is 15.9 Å². The van der Waals surface area contributed by atoms with Gasteiger partial charge in [-0.25, -0.2) is 9.18 Å². The Bertz CT molecular complexity index is 1420. The van der Waals surface area contributed by atoms with Crippen LogP contribution >= 0.6 is 15.9 Å². The van der Waals surface area contributed by atoms with Crippen molar-refractivity contribution in [1.82, 2.24) is 0 Å². The number of ether oxygens (including phenoxy) is 3. The number of esters is 1. The number of nitriles is 1. The van der Waals surface area contributed by atoms with E-state index in [1.165, 1.54) is 74.9 Å². The average molecular weight is 582 g/mol. The van der Waals surface area contributed by atoms with E-state index in [2.05, 4.69) is 31.3 Å². The molecule has 2 N–H and O–H groups in total. The minimum Gasteiger partial charge on any atom is -0.493 e. The van der Waals surface area contributed by atoms with Gasteiger partial charge in [-0.15, -0.1) is 0 Å². The first-order valence-corrected chi connectivity index (χ1v) is 11.7. The van der Waals surface area contributed by atoms with Crippen LogP contribution in [-0.4, -0.2) is 38.6 Å². The molecule has 0 saturated heterocycles. The number of amides is 2. The minimum atomic E-state index is -0.661. The van der Waals surface area contributed by atoms with Crippen LogP contribution in [0.2, 0.25) is 0 Å². The molecule has 0 atom stereocenters. The molecule has 11 heteroatoms. The molecular weight excluding hydrogens is 561 g/mol. The fourth-order valence-corrected chi connectivity index (χ4v) is 3.73. The van der Waals surface area contributed by atoms with E-state index in [-0.39, 0.29) is 23.7 Å². The van der Waals surface area contributed by atoms with Gasteiger partial charge in [0.25, 0.3) is 11.8 Å². The summed E-state index contributed by atoms with van der Waals surface area (Å²) in [6.07, 6.45) is 1.36. The number of halogens is 2. The van der Waals surface area contributed by atoms with Crippen molar-refractivity contribution in [3.63, 3.8) is 0 Å². The summed E-state index contributed by atoms with van der Waals surface area (Å²) in [5, 5.41) is 14.7. The van der Waals surface area contributed by atoms with Crippen LogP contribution < -0.4 is 20.1 Å². The van der Waals surface area contributed by atoms with Crippen LogP contribution in [0.4, 0.5) is 15.8 Å². The minimum absolute atomic E-state index is 0.191. The zero-order valence-corrected chi connectivity index (χ0v) is 21.8. The van der Waals surface area contributed by atoms with E-state index in [0.29, 0.717) is 27.0 Å². The van der Waals surface area contributed by atoms with Gasteiger partial charge < -0.3 is 24.8 Å². The number of benzene rings is 3. The number of hydrogen-bond acceptors (Lipinski definition) is 7. The van der Waals surface area contributed by atoms with Crippen LogP contribution in [-0.2, 0) is 14.3 Å². The van der Waals surface area contributed by atoms with E-state index in [1.54, 1.807) is 6.07 Å². The highest BCUT2D eigenvalue weighted by atomic mass is 79.9. The Morgan fingerprint density at radius 2 is 1.63 bits per heavy atom. The molecule has 0 bridgehead atoms. The summed E-state index contributed by atoms with van der Waals surface area (Å²) in [5.74, 6) is -1.60. The van der Waals surface area contributed by atoms with Gasteiger partial charge in [0.05, 0.1) is 24.3 Å². The van der Waals surface area contributed by atoms with E-state index in [4.69, 9.17) is 9.47 Å². The van der Waals surface area contributed by atoms with Gasteiger partial charge in [-0.2, -0.15) is 5.26 Å². The predicted molar refractivity (Wildman–Crippen MR) is 141 cm³/mol. The Morgan fingerprint density at radius 1 is 1.00 bits per heavy atom. The molecule has 0 spiro atoms. The average Bonchev–Trinajstić information content (AvgIpc) is 2.91. The van der Waals surface area contributed by atoms with Crippen molar-refractivity contribution < 1.29 is 33.0 Å². The lowest BCUT2D eigenvalue weighted by atomic mass is 10.1. The van der Waals surface area contributed by atoms with Crippen molar-refractivity contribution in [1.29, 1.82) is 5.26 Å². The number of carbonyl (C=O) groups is 3. The Balaban J connectivity index is 1.71. The van der Waals surface area contributed by atoms with E-state index in [9.17, 15) is 24.0 Å². The molecule has 3 rings (SSSR count). The Morgan fingerprint density at radius 3 is 2.24 bits per heavy atom. The number of anilines is 2. The highest BCUT2D eigenvalue weighted by Crippen LogP contribution is 2.37. The summed E-state index contributed by atoms with van der Waals surface area (Å²) in [6.45, 7) is -0.359. The third kappa shape index (κ3) is 7.41. The van der Waals surface area contributed by atoms with Gasteiger partial charge in [0.2, 0.25) is 0 Å². The molecule has 0 aliphatic carbocycles. The van der Waals surface area contributed by atoms with Crippen LogP contribution in [0.25, 0.3) is 6.08 Å². The summed E-state index contributed by atoms with van der Waals surface area (Å²) < 4.78 is 29.1. The Labute approximate surface area is 225 Å². The zero-order valence-electron chi connectivity index (χ0n) is 20.2. The maximum absolute atomic E-state index is 13.0. The molecule has 194 valence electrons. The lowest BCUT2D eigenvalue weighted by Gasteiger charge is -2.14. The Kier molecular flexibility index (Phi) is 9.56. The van der Waals surface area contributed by atoms with Crippen LogP contribution in [0, 0.1) is 17.1 Å². The number of hydrogen-bond donors (Lipinski definition) is 2. The second-order valence-electron chi connectivity index (χ2n) is 7.57. The first-order valence-electron chi connectivity index (χ1n) is 10.9. The number of carbonyl (C=O) groups excluding carboxylic acids is 3. The van der Waals surface area contributed by atoms with Gasteiger partial charge in [0, 0.05) is 11.4 Å². The molecule has 0 fully saturated rings. The molecule has 3 aromatic rings. The fraction of sp³-hybridized carbons (Fsp3) is 0.111. The zero-order chi connectivity index (χ0) is 27.7. The second-order valence-corrected chi connectivity index (χ2v) is 8.43. The van der Waals surface area contributed by atoms with Gasteiger partial charge >= 0.3 is 5.97 Å². The summed E-state index contributed by atoms with van der Waals surface area (Å²) in [5.41, 5.74) is 1.36. The summed E-state index contributed by atoms with van der Waals surface area (Å²) in [6, 6.07) is 16.3. The first kappa shape index (κ1) is 27.9. The molecule has 0 saturated carbocycles. The van der Waals surface area contributed by atoms with Gasteiger partial charge in [-0.1, -0.05) is 0 Å². The van der Waals surface area contributed by atoms with E-state index in [0.717, 1.165) is 0 Å². The molecular formula is C27H21BrFN3O6. The smallest absolute Gasteiger partial charge is 0.337 e. The number of nitrogens with one attached hydrogen (secondary N) is 2. The molecule has 2 amide bonds. The lowest BCUT2D eigenvalue weighted by Crippen LogP contribution is -2.20. The normalized spacial score (nSPS) is 10.7. The van der Waals surface area contributed by atoms with Crippen molar-refractivity contribution in [2.45, 2.75) is 0 Å². The van der Waals surface area contributed by atoms with E-state index >= 15 is 0 Å². The van der Waals surface area contributed by atoms with E-state index in [1.807, 2.05) is 6.07 Å². The van der Waals surface area contributed by atoms with Gasteiger partial charge in [0.1, 0.15) is 17.5 Å². The number of methoxy groups -OCH3 is 2. The highest BCUT2D eigenvalue weighted by Gasteiger charge is 2.16. The molecule has 0 radical (unpaired) electrons. The SMILES string of the molecule is COC(=O)c1ccc(NC(=O)/C(C#N)=C\c2cc(Br)c(OCC(=O)Nc3ccc(F)cc3)c(OC)c2)cc1. The van der Waals surface area contributed by atoms with Crippen molar-refractivity contribution in [3.05, 3.63) is 87.7 Å². The third-order valence-corrected chi connectivity index (χ3v) is 5.56. The summed E-state index contributed by atoms with van der Waals surface area (Å²) in [7, 11) is 2.66. The van der Waals surface area contributed by atoms with Crippen molar-refractivity contribution >= 4 is 51.2 Å². The van der Waals surface area contributed by atoms with Crippen molar-refractivity contribution in [2.75, 3.05) is 31.5 Å². The van der Waals surface area contributed by atoms with E-state index < -0.39 is 23.6 Å². The van der Waals surface area contributed by atoms with Gasteiger partial charge in [0.15, 0.2) is 18.1 Å². The number of rotatable bonds is 9. The quantitative estimate of drug-likeness (QED) is 0.208. The predicted octanol–water partition coefficient (Wildman–Crippen LogP) is 4.95. The topological polar surface area (TPSA) is 127 Å². The molecule has 0 aliphatic rings. The van der Waals surface area contributed by atoms with Crippen LogP contribution in [0.5, 0.6) is 11.5 Å². The van der Waals surface area contributed by atoms with Crippen LogP contribution in [0.15, 0.2) is 70.7 Å². The molecule has 0 aliphatic heterocycles. The highest BCUT2D eigenvalue weighted by molar-refractivity contribution is 9.10. The first-order chi connectivity index (χ1) is 18.2. The van der Waals surface area contributed by atoms with Crippen LogP contribution in [0.3, 0.4) is 0 Å². The van der Waals surface area contributed by atoms with Gasteiger partial charge in [-0.3, -0.25) is 9.59 Å². The number of nitrogens with zero attached hydrogens (tertiary/aromatic N) is 1. The second kappa shape index (κ2) is 13.0. The molecule has 0 heterocycles. The maximum atomic E-state index is 13.0. The summed E-state index contributed by atoms with van der Waals surface area (Å²) in [4.78, 5) is 36.4. The monoisotopic (exact) mass is 581 g/mol. The maximum Gasteiger partial charge on any atom is 0.337 e. The molecule has 0 unspecified atom stereocenters. The molecule has 9 nitrogen and oxygen atoms in total. The fourth-order valence-electron chi connectivity index (χ4n) is 3.15. The third-order valence-electron chi connectivity index (χ3n) is 4.97. The molecule has 38 heavy (non-hydrogen) atoms. The lowest BCUT2D eigenvalue weighted by molar-refractivity contribution is -0.118. The molecule has 0 aromatic heterocycles. The molecule has 3 aromatic carbocycles. The van der Waals surface area contributed by atoms with Crippen molar-refractivity contribution in [3.8, 4) is 17.6 Å². The summed E-state index contributed by atoms with van der Waals surface area (Å²) >= 11 is 3.36. The van der Waals surface area contributed by atoms with Crippen molar-refractivity contribution in [2.24, 2.45) is 0 Å².